The van der Waals surface area contributed by atoms with Gasteiger partial charge >= 0.3 is 11.9 Å². The van der Waals surface area contributed by atoms with Gasteiger partial charge in [0.2, 0.25) is 0 Å². The Bertz CT molecular complexity index is 675. The molecule has 1 saturated heterocycles. The summed E-state index contributed by atoms with van der Waals surface area (Å²) in [4.78, 5) is 23.6. The molecule has 1 aromatic carbocycles. The number of ether oxygens (including phenoxy) is 2. The summed E-state index contributed by atoms with van der Waals surface area (Å²) in [5.41, 5.74) is -0.263. The number of hydrogen-bond acceptors (Lipinski definition) is 5. The van der Waals surface area contributed by atoms with Crippen molar-refractivity contribution >= 4 is 11.9 Å². The first-order chi connectivity index (χ1) is 11.9. The Balaban J connectivity index is 2.05. The summed E-state index contributed by atoms with van der Waals surface area (Å²) >= 11 is 0. The lowest BCUT2D eigenvalue weighted by molar-refractivity contribution is -0.136. The number of carboxylic acid groups (broad SMARTS) is 2. The average molecular weight is 353 g/mol. The van der Waals surface area contributed by atoms with Crippen LogP contribution in [0.3, 0.4) is 0 Å². The molecule has 2 rings (SSSR count). The molecule has 7 nitrogen and oxygen atoms in total. The van der Waals surface area contributed by atoms with Gasteiger partial charge in [-0.1, -0.05) is 6.07 Å². The number of likely N-dealkylation sites (tertiary alicyclic amines) is 1. The van der Waals surface area contributed by atoms with E-state index in [2.05, 4.69) is 0 Å². The number of hydrogen-bond donors (Lipinski definition) is 2. The fourth-order valence-electron chi connectivity index (χ4n) is 2.82. The van der Waals surface area contributed by atoms with Crippen LogP contribution in [0.5, 0.6) is 11.5 Å². The predicted octanol–water partition coefficient (Wildman–Crippen LogP) is 1.98. The molecule has 1 atom stereocenters. The van der Waals surface area contributed by atoms with E-state index in [-0.39, 0.29) is 29.7 Å². The smallest absolute Gasteiger partial charge is 0.352 e. The topological polar surface area (TPSA) is 96.3 Å². The highest BCUT2D eigenvalue weighted by Gasteiger charge is 2.26. The van der Waals surface area contributed by atoms with E-state index in [9.17, 15) is 19.1 Å². The molecule has 0 unspecified atom stereocenters. The Morgan fingerprint density at radius 3 is 2.80 bits per heavy atom. The molecule has 0 bridgehead atoms. The van der Waals surface area contributed by atoms with Crippen LogP contribution in [0.1, 0.15) is 12.8 Å². The normalized spacial score (nSPS) is 17.9. The molecule has 8 heteroatoms. The molecule has 25 heavy (non-hydrogen) atoms. The maximum absolute atomic E-state index is 13.9. The van der Waals surface area contributed by atoms with E-state index >= 15 is 0 Å². The van der Waals surface area contributed by atoms with Crippen LogP contribution in [0.2, 0.25) is 0 Å². The third-order valence-electron chi connectivity index (χ3n) is 3.95. The molecule has 0 saturated carbocycles. The Hall–Kier alpha value is -2.77. The number of halogens is 1. The maximum atomic E-state index is 13.9. The molecule has 1 heterocycles. The summed E-state index contributed by atoms with van der Waals surface area (Å²) in [6.07, 6.45) is 2.14. The number of carbonyl (C=O) groups is 2. The second kappa shape index (κ2) is 8.36. The second-order valence-electron chi connectivity index (χ2n) is 5.71. The van der Waals surface area contributed by atoms with Crippen LogP contribution < -0.4 is 9.47 Å². The summed E-state index contributed by atoms with van der Waals surface area (Å²) in [7, 11) is 1.42. The summed E-state index contributed by atoms with van der Waals surface area (Å²) < 4.78 is 24.5. The van der Waals surface area contributed by atoms with Crippen molar-refractivity contribution in [3.8, 4) is 11.5 Å². The standard InChI is InChI=1S/C17H20FNO6/c1-24-14-6-2-5-12(18)16(14)25-10-11-4-3-7-19(9-11)13(17(22)23)8-15(20)21/h2,5-6,8,11H,3-4,7,9-10H2,1H3,(H,20,21)(H,22,23)/b13-8-/t11-/m0/s1. The van der Waals surface area contributed by atoms with Crippen LogP contribution in [-0.4, -0.2) is 53.9 Å². The first kappa shape index (κ1) is 18.6. The van der Waals surface area contributed by atoms with Gasteiger partial charge in [-0.3, -0.25) is 0 Å². The largest absolute Gasteiger partial charge is 0.493 e. The van der Waals surface area contributed by atoms with Gasteiger partial charge in [0.15, 0.2) is 17.3 Å². The number of piperidine rings is 1. The molecular weight excluding hydrogens is 333 g/mol. The highest BCUT2D eigenvalue weighted by atomic mass is 19.1. The molecule has 0 amide bonds. The van der Waals surface area contributed by atoms with Crippen molar-refractivity contribution in [1.82, 2.24) is 4.90 Å². The first-order valence-electron chi connectivity index (χ1n) is 7.80. The molecule has 136 valence electrons. The fraction of sp³-hybridized carbons (Fsp3) is 0.412. The van der Waals surface area contributed by atoms with Crippen LogP contribution in [0.4, 0.5) is 4.39 Å². The van der Waals surface area contributed by atoms with Gasteiger partial charge in [-0.15, -0.1) is 0 Å². The van der Waals surface area contributed by atoms with Crippen LogP contribution in [0, 0.1) is 11.7 Å². The van der Waals surface area contributed by atoms with Crippen molar-refractivity contribution in [1.29, 1.82) is 0 Å². The summed E-state index contributed by atoms with van der Waals surface area (Å²) in [6.45, 7) is 0.945. The molecule has 0 spiro atoms. The van der Waals surface area contributed by atoms with Gasteiger partial charge in [-0.05, 0) is 25.0 Å². The third-order valence-corrected chi connectivity index (χ3v) is 3.95. The molecule has 0 radical (unpaired) electrons. The molecule has 1 fully saturated rings. The number of benzene rings is 1. The summed E-state index contributed by atoms with van der Waals surface area (Å²) in [5, 5.41) is 18.0. The average Bonchev–Trinajstić information content (AvgIpc) is 2.58. The SMILES string of the molecule is COc1cccc(F)c1OC[C@H]1CCCN(/C(=C\C(=O)O)C(=O)O)C1. The third kappa shape index (κ3) is 4.85. The number of rotatable bonds is 7. The highest BCUT2D eigenvalue weighted by molar-refractivity contribution is 5.94. The predicted molar refractivity (Wildman–Crippen MR) is 86.1 cm³/mol. The van der Waals surface area contributed by atoms with Gasteiger partial charge in [-0.25, -0.2) is 14.0 Å². The number of methoxy groups -OCH3 is 1. The van der Waals surface area contributed by atoms with Crippen LogP contribution in [-0.2, 0) is 9.59 Å². The number of carboxylic acids is 2. The van der Waals surface area contributed by atoms with Crippen molar-refractivity contribution in [2.24, 2.45) is 5.92 Å². The quantitative estimate of drug-likeness (QED) is 0.724. The minimum absolute atomic E-state index is 0.0154. The van der Waals surface area contributed by atoms with E-state index in [0.29, 0.717) is 25.6 Å². The first-order valence-corrected chi connectivity index (χ1v) is 7.80. The lowest BCUT2D eigenvalue weighted by Gasteiger charge is -2.34. The zero-order valence-electron chi connectivity index (χ0n) is 13.8. The Morgan fingerprint density at radius 1 is 1.40 bits per heavy atom. The Labute approximate surface area is 144 Å². The van der Waals surface area contributed by atoms with E-state index in [1.54, 1.807) is 6.07 Å². The van der Waals surface area contributed by atoms with Crippen LogP contribution in [0.25, 0.3) is 0 Å². The lowest BCUT2D eigenvalue weighted by Crippen LogP contribution is -2.39. The van der Waals surface area contributed by atoms with Gasteiger partial charge in [0.25, 0.3) is 0 Å². The summed E-state index contributed by atoms with van der Waals surface area (Å²) in [6, 6.07) is 4.37. The van der Waals surface area contributed by atoms with E-state index in [0.717, 1.165) is 6.42 Å². The van der Waals surface area contributed by atoms with Gasteiger partial charge in [0.05, 0.1) is 19.8 Å². The van der Waals surface area contributed by atoms with Gasteiger partial charge < -0.3 is 24.6 Å². The lowest BCUT2D eigenvalue weighted by atomic mass is 9.98. The van der Waals surface area contributed by atoms with Gasteiger partial charge in [0, 0.05) is 19.0 Å². The van der Waals surface area contributed by atoms with Crippen LogP contribution in [0.15, 0.2) is 30.0 Å². The minimum atomic E-state index is -1.31. The maximum Gasteiger partial charge on any atom is 0.352 e. The zero-order chi connectivity index (χ0) is 18.4. The zero-order valence-corrected chi connectivity index (χ0v) is 13.8. The molecule has 1 aliphatic heterocycles. The molecule has 0 aromatic heterocycles. The van der Waals surface area contributed by atoms with E-state index in [4.69, 9.17) is 14.6 Å². The number of para-hydroxylation sites is 1. The van der Waals surface area contributed by atoms with Crippen LogP contribution >= 0.6 is 0 Å². The molecule has 1 aromatic rings. The van der Waals surface area contributed by atoms with Gasteiger partial charge in [-0.2, -0.15) is 0 Å². The molecule has 2 N–H and O–H groups in total. The van der Waals surface area contributed by atoms with Crippen molar-refractivity contribution in [2.75, 3.05) is 26.8 Å². The van der Waals surface area contributed by atoms with E-state index in [1.807, 2.05) is 0 Å². The number of nitrogens with zero attached hydrogens (tertiary/aromatic N) is 1. The van der Waals surface area contributed by atoms with E-state index < -0.39 is 17.8 Å². The minimum Gasteiger partial charge on any atom is -0.493 e. The fourth-order valence-corrected chi connectivity index (χ4v) is 2.82. The van der Waals surface area contributed by atoms with Crippen molar-refractivity contribution < 1.29 is 33.7 Å². The second-order valence-corrected chi connectivity index (χ2v) is 5.71. The Morgan fingerprint density at radius 2 is 2.16 bits per heavy atom. The molecular formula is C17H20FNO6. The number of aliphatic carboxylic acids is 2. The summed E-state index contributed by atoms with van der Waals surface area (Å²) in [5.74, 6) is -2.91. The molecule has 1 aliphatic rings. The van der Waals surface area contributed by atoms with Crippen molar-refractivity contribution in [3.63, 3.8) is 0 Å². The molecule has 0 aliphatic carbocycles. The monoisotopic (exact) mass is 353 g/mol. The van der Waals surface area contributed by atoms with Gasteiger partial charge in [0.1, 0.15) is 5.70 Å². The van der Waals surface area contributed by atoms with E-state index in [1.165, 1.54) is 24.1 Å². The van der Waals surface area contributed by atoms with Crippen molar-refractivity contribution in [3.05, 3.63) is 35.8 Å². The highest BCUT2D eigenvalue weighted by Crippen LogP contribution is 2.31. The Kier molecular flexibility index (Phi) is 6.21. The van der Waals surface area contributed by atoms with Crippen molar-refractivity contribution in [2.45, 2.75) is 12.8 Å².